The van der Waals surface area contributed by atoms with E-state index in [9.17, 15) is 33.9 Å². The third-order valence-corrected chi connectivity index (χ3v) is 8.31. The fourth-order valence-corrected chi connectivity index (χ4v) is 6.10. The fraction of sp³-hybridized carbons (Fsp3) is 0.500. The van der Waals surface area contributed by atoms with Gasteiger partial charge in [-0.25, -0.2) is 28.2 Å². The van der Waals surface area contributed by atoms with Gasteiger partial charge in [0.25, 0.3) is 0 Å². The first-order valence-electron chi connectivity index (χ1n) is 8.56. The predicted octanol–water partition coefficient (Wildman–Crippen LogP) is -0.620. The van der Waals surface area contributed by atoms with Crippen LogP contribution < -0.4 is 5.73 Å². The summed E-state index contributed by atoms with van der Waals surface area (Å²) in [6.45, 7) is 0.379. The first-order valence-corrected chi connectivity index (χ1v) is 13.1. The van der Waals surface area contributed by atoms with Crippen molar-refractivity contribution in [1.82, 2.24) is 19.6 Å². The second kappa shape index (κ2) is 8.75. The lowest BCUT2D eigenvalue weighted by molar-refractivity contribution is -0.0236. The monoisotopic (exact) mass is 530 g/mol. The van der Waals surface area contributed by atoms with E-state index in [0.29, 0.717) is 0 Å². The molecule has 3 heterocycles. The summed E-state index contributed by atoms with van der Waals surface area (Å²) in [5.74, 6) is 0.0256. The maximum Gasteiger partial charge on any atom is 0.490 e. The molecule has 0 aliphatic carbocycles. The molecular formula is C12H17N6O12P3. The number of ether oxygens (including phenoxy) is 1. The first kappa shape index (κ1) is 25.8. The van der Waals surface area contributed by atoms with Gasteiger partial charge < -0.3 is 35.2 Å². The fourth-order valence-electron chi connectivity index (χ4n) is 3.07. The molecule has 1 aliphatic heterocycles. The summed E-state index contributed by atoms with van der Waals surface area (Å²) in [5.41, 5.74) is 4.39. The van der Waals surface area contributed by atoms with Crippen molar-refractivity contribution in [3.8, 4) is 6.07 Å². The van der Waals surface area contributed by atoms with Crippen molar-refractivity contribution in [2.24, 2.45) is 5.41 Å². The number of rotatable bonds is 8. The molecule has 0 spiro atoms. The van der Waals surface area contributed by atoms with Crippen LogP contribution in [-0.2, 0) is 31.6 Å². The Hall–Kier alpha value is -1.83. The number of nitrogen functional groups attached to an aromatic ring is 1. The molecule has 0 aromatic carbocycles. The number of nitriles is 1. The van der Waals surface area contributed by atoms with Crippen LogP contribution >= 0.6 is 23.5 Å². The van der Waals surface area contributed by atoms with E-state index in [1.54, 1.807) is 0 Å². The van der Waals surface area contributed by atoms with Gasteiger partial charge in [-0.15, -0.1) is 0 Å². The van der Waals surface area contributed by atoms with Gasteiger partial charge in [-0.2, -0.15) is 19.0 Å². The molecule has 7 N–H and O–H groups in total. The minimum absolute atomic E-state index is 0.0256. The summed E-state index contributed by atoms with van der Waals surface area (Å²) in [6.07, 6.45) is -1.87. The van der Waals surface area contributed by atoms with Crippen LogP contribution in [0.1, 0.15) is 18.7 Å². The van der Waals surface area contributed by atoms with Crippen LogP contribution in [0.25, 0.3) is 5.65 Å². The van der Waals surface area contributed by atoms with E-state index in [0.717, 1.165) is 6.33 Å². The Labute approximate surface area is 184 Å². The molecule has 33 heavy (non-hydrogen) atoms. The number of aromatic nitrogens is 4. The lowest BCUT2D eigenvalue weighted by Gasteiger charge is -2.24. The molecule has 0 radical (unpaired) electrons. The second-order valence-electron chi connectivity index (χ2n) is 6.84. The third kappa shape index (κ3) is 5.47. The van der Waals surface area contributed by atoms with Crippen molar-refractivity contribution in [3.63, 3.8) is 0 Å². The molecule has 18 nitrogen and oxygen atoms in total. The Morgan fingerprint density at radius 2 is 1.91 bits per heavy atom. The normalized spacial score (nSPS) is 29.4. The Morgan fingerprint density at radius 1 is 1.24 bits per heavy atom. The van der Waals surface area contributed by atoms with Crippen molar-refractivity contribution < 1.29 is 56.3 Å². The molecule has 2 aromatic heterocycles. The lowest BCUT2D eigenvalue weighted by atomic mass is 9.80. The van der Waals surface area contributed by atoms with Gasteiger partial charge in [0.15, 0.2) is 11.5 Å². The Kier molecular flexibility index (Phi) is 6.84. The summed E-state index contributed by atoms with van der Waals surface area (Å²) in [7, 11) is -16.7. The molecule has 0 bridgehead atoms. The molecule has 1 saturated heterocycles. The number of nitrogens with two attached hydrogens (primary N) is 1. The number of anilines is 1. The van der Waals surface area contributed by atoms with Gasteiger partial charge in [-0.3, -0.25) is 4.52 Å². The van der Waals surface area contributed by atoms with E-state index in [1.165, 1.54) is 17.6 Å². The number of fused-ring (bicyclic) bond motifs is 1. The van der Waals surface area contributed by atoms with Crippen LogP contribution in [0.4, 0.5) is 5.82 Å². The molecule has 3 rings (SSSR count). The van der Waals surface area contributed by atoms with Crippen LogP contribution in [-0.4, -0.2) is 63.1 Å². The molecule has 1 fully saturated rings. The van der Waals surface area contributed by atoms with Crippen LogP contribution in [0.3, 0.4) is 0 Å². The van der Waals surface area contributed by atoms with Gasteiger partial charge in [0, 0.05) is 0 Å². The highest BCUT2D eigenvalue weighted by atomic mass is 31.3. The molecule has 2 aromatic rings. The quantitative estimate of drug-likeness (QED) is 0.232. The molecule has 1 aliphatic rings. The maximum absolute atomic E-state index is 11.9. The number of hydrogen-bond donors (Lipinski definition) is 6. The molecule has 21 heteroatoms. The van der Waals surface area contributed by atoms with Crippen LogP contribution in [0.15, 0.2) is 12.5 Å². The van der Waals surface area contributed by atoms with Crippen molar-refractivity contribution in [2.75, 3.05) is 12.3 Å². The van der Waals surface area contributed by atoms with Crippen molar-refractivity contribution in [3.05, 3.63) is 18.2 Å². The highest BCUT2D eigenvalue weighted by Gasteiger charge is 2.56. The summed E-state index contributed by atoms with van der Waals surface area (Å²) in [4.78, 5) is 43.7. The number of phosphoric ester groups is 1. The summed E-state index contributed by atoms with van der Waals surface area (Å²) in [6, 6.07) is 1.90. The minimum atomic E-state index is -5.72. The molecule has 2 unspecified atom stereocenters. The zero-order valence-electron chi connectivity index (χ0n) is 16.3. The van der Waals surface area contributed by atoms with Gasteiger partial charge >= 0.3 is 23.5 Å². The second-order valence-corrected chi connectivity index (χ2v) is 11.3. The first-order chi connectivity index (χ1) is 15.1. The third-order valence-electron chi connectivity index (χ3n) is 4.51. The summed E-state index contributed by atoms with van der Waals surface area (Å²) in [5, 5.41) is 24.3. The van der Waals surface area contributed by atoms with Crippen molar-refractivity contribution >= 4 is 34.9 Å². The van der Waals surface area contributed by atoms with Crippen molar-refractivity contribution in [2.45, 2.75) is 25.2 Å². The van der Waals surface area contributed by atoms with Gasteiger partial charge in [-0.1, -0.05) is 0 Å². The highest BCUT2D eigenvalue weighted by Crippen LogP contribution is 2.66. The number of hydrogen-bond acceptors (Lipinski definition) is 13. The molecule has 0 amide bonds. The number of phosphoric acid groups is 3. The molecule has 182 valence electrons. The number of aliphatic hydroxyl groups is 1. The molecule has 0 saturated carbocycles. The van der Waals surface area contributed by atoms with E-state index in [-0.39, 0.29) is 17.2 Å². The van der Waals surface area contributed by atoms with E-state index in [2.05, 4.69) is 28.2 Å². The van der Waals surface area contributed by atoms with Crippen molar-refractivity contribution in [1.29, 1.82) is 5.26 Å². The molecule has 6 atom stereocenters. The average molecular weight is 530 g/mol. The SMILES string of the molecule is C[C@@]1(C#N)[C@@H](c2cnc3c(N)ncnn23)O[C@@H](COP(=O)(O)OP(=O)(O)OP(=O)(O)O)[C@@H]1O. The smallest absolute Gasteiger partial charge is 0.389 e. The summed E-state index contributed by atoms with van der Waals surface area (Å²) >= 11 is 0. The van der Waals surface area contributed by atoms with Gasteiger partial charge in [-0.05, 0) is 6.92 Å². The van der Waals surface area contributed by atoms with Crippen LogP contribution in [0, 0.1) is 16.7 Å². The minimum Gasteiger partial charge on any atom is -0.389 e. The number of nitrogens with zero attached hydrogens (tertiary/aromatic N) is 5. The maximum atomic E-state index is 11.9. The zero-order chi connectivity index (χ0) is 24.8. The lowest BCUT2D eigenvalue weighted by Crippen LogP contribution is -2.36. The van der Waals surface area contributed by atoms with Crippen LogP contribution in [0.5, 0.6) is 0 Å². The average Bonchev–Trinajstić information content (AvgIpc) is 3.18. The molecular weight excluding hydrogens is 513 g/mol. The van der Waals surface area contributed by atoms with Crippen LogP contribution in [0.2, 0.25) is 0 Å². The van der Waals surface area contributed by atoms with Gasteiger partial charge in [0.1, 0.15) is 30.1 Å². The largest absolute Gasteiger partial charge is 0.490 e. The Bertz CT molecular complexity index is 1240. The standard InChI is InChI=1S/C12H17N6O12P3/c1-12(4-13)8(19)7(3-27-32(23,24)30-33(25,26)29-31(20,21)22)28-9(12)6-2-15-11-10(14)16-5-17-18(6)11/h2,5,7-9,19H,3H2,1H3,(H,23,24)(H,25,26)(H2,14,16,17)(H2,20,21,22)/t7-,8-,9+,12-/m0/s1. The van der Waals surface area contributed by atoms with E-state index >= 15 is 0 Å². The summed E-state index contributed by atoms with van der Waals surface area (Å²) < 4.78 is 52.6. The van der Waals surface area contributed by atoms with Gasteiger partial charge in [0.2, 0.25) is 0 Å². The predicted molar refractivity (Wildman–Crippen MR) is 102 cm³/mol. The topological polar surface area (TPSA) is 282 Å². The van der Waals surface area contributed by atoms with E-state index < -0.39 is 53.8 Å². The zero-order valence-corrected chi connectivity index (χ0v) is 19.0. The Morgan fingerprint density at radius 3 is 2.52 bits per heavy atom. The highest BCUT2D eigenvalue weighted by molar-refractivity contribution is 7.66. The Balaban J connectivity index is 1.79. The number of aliphatic hydroxyl groups excluding tert-OH is 1. The van der Waals surface area contributed by atoms with E-state index in [4.69, 9.17) is 20.3 Å². The van der Waals surface area contributed by atoms with Gasteiger partial charge in [0.05, 0.1) is 24.6 Å². The van der Waals surface area contributed by atoms with E-state index in [1.807, 2.05) is 6.07 Å². The number of imidazole rings is 1.